The van der Waals surface area contributed by atoms with Crippen molar-refractivity contribution in [2.45, 2.75) is 52.4 Å². The minimum atomic E-state index is 0.0683. The third kappa shape index (κ3) is 4.51. The van der Waals surface area contributed by atoms with E-state index in [4.69, 9.17) is 4.98 Å². The predicted molar refractivity (Wildman–Crippen MR) is 107 cm³/mol. The normalized spacial score (nSPS) is 11.0. The second-order valence-electron chi connectivity index (χ2n) is 6.86. The van der Waals surface area contributed by atoms with Crippen molar-refractivity contribution in [1.82, 2.24) is 9.38 Å². The molecular formula is C22H27N3O. The number of amides is 1. The number of nitrogens with zero attached hydrogens (tertiary/aromatic N) is 2. The van der Waals surface area contributed by atoms with Crippen LogP contribution in [0.1, 0.15) is 55.8 Å². The van der Waals surface area contributed by atoms with E-state index in [2.05, 4.69) is 24.4 Å². The molecular weight excluding hydrogens is 322 g/mol. The van der Waals surface area contributed by atoms with Crippen molar-refractivity contribution in [3.8, 4) is 0 Å². The maximum absolute atomic E-state index is 12.5. The maximum Gasteiger partial charge on any atom is 0.225 e. The van der Waals surface area contributed by atoms with Crippen LogP contribution in [0.4, 0.5) is 5.82 Å². The summed E-state index contributed by atoms with van der Waals surface area (Å²) in [6, 6.07) is 14.3. The maximum atomic E-state index is 12.5. The van der Waals surface area contributed by atoms with E-state index in [1.165, 1.54) is 18.4 Å². The van der Waals surface area contributed by atoms with Gasteiger partial charge in [-0.05, 0) is 30.5 Å². The monoisotopic (exact) mass is 349 g/mol. The summed E-state index contributed by atoms with van der Waals surface area (Å²) in [5.74, 6) is 0.867. The van der Waals surface area contributed by atoms with E-state index in [1.54, 1.807) is 0 Å². The quantitative estimate of drug-likeness (QED) is 0.572. The Morgan fingerprint density at radius 2 is 1.88 bits per heavy atom. The second kappa shape index (κ2) is 8.65. The molecule has 1 N–H and O–H groups in total. The fraction of sp³-hybridized carbons (Fsp3) is 0.364. The topological polar surface area (TPSA) is 46.4 Å². The molecule has 0 aliphatic rings. The first-order chi connectivity index (χ1) is 12.7. The van der Waals surface area contributed by atoms with Crippen LogP contribution >= 0.6 is 0 Å². The Balaban J connectivity index is 1.84. The number of pyridine rings is 1. The molecule has 4 nitrogen and oxygen atoms in total. The summed E-state index contributed by atoms with van der Waals surface area (Å²) in [4.78, 5) is 17.2. The van der Waals surface area contributed by atoms with Crippen molar-refractivity contribution in [3.63, 3.8) is 0 Å². The van der Waals surface area contributed by atoms with E-state index in [0.29, 0.717) is 12.8 Å². The number of aryl methyl sites for hydroxylation is 1. The average molecular weight is 349 g/mol. The lowest BCUT2D eigenvalue weighted by Crippen LogP contribution is -2.14. The highest BCUT2D eigenvalue weighted by atomic mass is 16.1. The van der Waals surface area contributed by atoms with Gasteiger partial charge in [-0.15, -0.1) is 0 Å². The highest BCUT2D eigenvalue weighted by Gasteiger charge is 2.15. The molecule has 3 aromatic rings. The molecule has 3 rings (SSSR count). The van der Waals surface area contributed by atoms with Crippen LogP contribution in [0.25, 0.3) is 5.65 Å². The number of unbranched alkanes of at least 4 members (excludes halogenated alkanes) is 3. The molecule has 0 atom stereocenters. The van der Waals surface area contributed by atoms with Gasteiger partial charge in [0.05, 0.1) is 5.69 Å². The molecule has 0 spiro atoms. The fourth-order valence-corrected chi connectivity index (χ4v) is 3.15. The number of aromatic nitrogens is 2. The second-order valence-corrected chi connectivity index (χ2v) is 6.86. The molecule has 0 aliphatic heterocycles. The molecule has 2 heterocycles. The van der Waals surface area contributed by atoms with Crippen LogP contribution in [0.15, 0.2) is 48.7 Å². The number of carbonyl (C=O) groups excluding carboxylic acids is 1. The minimum Gasteiger partial charge on any atom is -0.310 e. The summed E-state index contributed by atoms with van der Waals surface area (Å²) in [5.41, 5.74) is 4.09. The fourth-order valence-electron chi connectivity index (χ4n) is 3.15. The van der Waals surface area contributed by atoms with E-state index >= 15 is 0 Å². The molecule has 0 saturated carbocycles. The third-order valence-electron chi connectivity index (χ3n) is 4.57. The number of hydrogen-bond donors (Lipinski definition) is 1. The highest BCUT2D eigenvalue weighted by molar-refractivity contribution is 5.91. The van der Waals surface area contributed by atoms with Crippen molar-refractivity contribution in [2.75, 3.05) is 5.32 Å². The van der Waals surface area contributed by atoms with Crippen molar-refractivity contribution >= 4 is 17.4 Å². The highest BCUT2D eigenvalue weighted by Crippen LogP contribution is 2.22. The van der Waals surface area contributed by atoms with Crippen molar-refractivity contribution in [3.05, 3.63) is 65.5 Å². The zero-order valence-electron chi connectivity index (χ0n) is 15.7. The van der Waals surface area contributed by atoms with Gasteiger partial charge in [-0.25, -0.2) is 4.98 Å². The van der Waals surface area contributed by atoms with Gasteiger partial charge in [-0.1, -0.05) is 62.6 Å². The lowest BCUT2D eigenvalue weighted by molar-refractivity contribution is -0.116. The summed E-state index contributed by atoms with van der Waals surface area (Å²) in [6.07, 6.45) is 7.69. The Bertz CT molecular complexity index is 868. The third-order valence-corrected chi connectivity index (χ3v) is 4.57. The lowest BCUT2D eigenvalue weighted by atomic mass is 10.1. The molecule has 0 radical (unpaired) electrons. The molecule has 0 saturated heterocycles. The van der Waals surface area contributed by atoms with Crippen LogP contribution in [-0.2, 0) is 11.2 Å². The van der Waals surface area contributed by atoms with Crippen molar-refractivity contribution in [2.24, 2.45) is 0 Å². The van der Waals surface area contributed by atoms with Crippen LogP contribution in [0, 0.1) is 6.92 Å². The SMILES string of the molecule is CCCCCCC(=O)Nc1c(Cc2ccccc2)nc2ccc(C)cn12. The van der Waals surface area contributed by atoms with E-state index in [-0.39, 0.29) is 5.91 Å². The van der Waals surface area contributed by atoms with Gasteiger partial charge >= 0.3 is 0 Å². The zero-order valence-corrected chi connectivity index (χ0v) is 15.7. The number of nitrogens with one attached hydrogen (secondary N) is 1. The lowest BCUT2D eigenvalue weighted by Gasteiger charge is -2.08. The smallest absolute Gasteiger partial charge is 0.225 e. The largest absolute Gasteiger partial charge is 0.310 e. The summed E-state index contributed by atoms with van der Waals surface area (Å²) in [5, 5.41) is 3.12. The van der Waals surface area contributed by atoms with Crippen LogP contribution in [0.2, 0.25) is 0 Å². The van der Waals surface area contributed by atoms with Crippen LogP contribution in [-0.4, -0.2) is 15.3 Å². The molecule has 0 unspecified atom stereocenters. The van der Waals surface area contributed by atoms with Gasteiger partial charge in [0.15, 0.2) is 0 Å². The van der Waals surface area contributed by atoms with Gasteiger partial charge in [-0.3, -0.25) is 9.20 Å². The molecule has 0 bridgehead atoms. The van der Waals surface area contributed by atoms with E-state index < -0.39 is 0 Å². The number of fused-ring (bicyclic) bond motifs is 1. The van der Waals surface area contributed by atoms with E-state index in [1.807, 2.05) is 47.9 Å². The first kappa shape index (κ1) is 18.2. The van der Waals surface area contributed by atoms with Crippen LogP contribution < -0.4 is 5.32 Å². The summed E-state index contributed by atoms with van der Waals surface area (Å²) in [7, 11) is 0. The van der Waals surface area contributed by atoms with Gasteiger partial charge in [0.1, 0.15) is 11.5 Å². The van der Waals surface area contributed by atoms with Crippen molar-refractivity contribution in [1.29, 1.82) is 0 Å². The van der Waals surface area contributed by atoms with Crippen LogP contribution in [0.5, 0.6) is 0 Å². The number of rotatable bonds is 8. The average Bonchev–Trinajstić information content (AvgIpc) is 2.96. The molecule has 2 aromatic heterocycles. The van der Waals surface area contributed by atoms with Gasteiger partial charge in [0, 0.05) is 19.0 Å². The molecule has 0 aliphatic carbocycles. The number of anilines is 1. The van der Waals surface area contributed by atoms with E-state index in [0.717, 1.165) is 35.6 Å². The van der Waals surface area contributed by atoms with Gasteiger partial charge in [0.2, 0.25) is 5.91 Å². The summed E-state index contributed by atoms with van der Waals surface area (Å²) in [6.45, 7) is 4.23. The number of hydrogen-bond acceptors (Lipinski definition) is 2. The van der Waals surface area contributed by atoms with Gasteiger partial charge < -0.3 is 5.32 Å². The molecule has 26 heavy (non-hydrogen) atoms. The summed E-state index contributed by atoms with van der Waals surface area (Å²) < 4.78 is 2.00. The molecule has 1 aromatic carbocycles. The van der Waals surface area contributed by atoms with E-state index in [9.17, 15) is 4.79 Å². The van der Waals surface area contributed by atoms with Crippen molar-refractivity contribution < 1.29 is 4.79 Å². The Morgan fingerprint density at radius 1 is 1.08 bits per heavy atom. The molecule has 1 amide bonds. The van der Waals surface area contributed by atoms with Gasteiger partial charge in [0.25, 0.3) is 0 Å². The number of imidazole rings is 1. The Hall–Kier alpha value is -2.62. The Morgan fingerprint density at radius 3 is 2.65 bits per heavy atom. The molecule has 0 fully saturated rings. The summed E-state index contributed by atoms with van der Waals surface area (Å²) >= 11 is 0. The minimum absolute atomic E-state index is 0.0683. The first-order valence-corrected chi connectivity index (χ1v) is 9.48. The zero-order chi connectivity index (χ0) is 18.4. The predicted octanol–water partition coefficient (Wildman–Crippen LogP) is 5.14. The molecule has 136 valence electrons. The molecule has 4 heteroatoms. The standard InChI is InChI=1S/C22H27N3O/c1-3-4-5-9-12-21(26)24-22-19(15-18-10-7-6-8-11-18)23-20-14-13-17(2)16-25(20)22/h6-8,10-11,13-14,16H,3-5,9,12,15H2,1-2H3,(H,24,26). The number of benzene rings is 1. The first-order valence-electron chi connectivity index (χ1n) is 9.48. The van der Waals surface area contributed by atoms with Crippen LogP contribution in [0.3, 0.4) is 0 Å². The Kier molecular flexibility index (Phi) is 6.05. The van der Waals surface area contributed by atoms with Gasteiger partial charge in [-0.2, -0.15) is 0 Å². The number of carbonyl (C=O) groups is 1. The Labute approximate surface area is 155 Å².